The fraction of sp³-hybridized carbons (Fsp3) is 0.0556. The molecule has 0 saturated heterocycles. The van der Waals surface area contributed by atoms with Gasteiger partial charge in [-0.15, -0.1) is 0 Å². The third-order valence-electron chi connectivity index (χ3n) is 3.41. The summed E-state index contributed by atoms with van der Waals surface area (Å²) < 4.78 is 28.4. The van der Waals surface area contributed by atoms with Gasteiger partial charge in [0, 0.05) is 6.21 Å². The molecule has 0 heterocycles. The molecular weight excluding hydrogens is 294 g/mol. The zero-order valence-electron chi connectivity index (χ0n) is 12.1. The Balaban J connectivity index is 1.98. The number of sulfonamides is 1. The van der Waals surface area contributed by atoms with Crippen LogP contribution in [0.4, 0.5) is 0 Å². The Labute approximate surface area is 130 Å². The Morgan fingerprint density at radius 3 is 2.32 bits per heavy atom. The minimum absolute atomic E-state index is 0.205. The molecule has 0 aromatic heterocycles. The first kappa shape index (κ1) is 14.5. The van der Waals surface area contributed by atoms with Crippen LogP contribution in [0.15, 0.2) is 76.0 Å². The minimum Gasteiger partial charge on any atom is -0.199 e. The maximum Gasteiger partial charge on any atom is 0.282 e. The molecule has 0 atom stereocenters. The molecule has 3 aromatic rings. The first-order chi connectivity index (χ1) is 10.5. The predicted molar refractivity (Wildman–Crippen MR) is 89.9 cm³/mol. The van der Waals surface area contributed by atoms with Gasteiger partial charge in [-0.3, -0.25) is 0 Å². The maximum atomic E-state index is 12.3. The molecule has 0 aliphatic rings. The van der Waals surface area contributed by atoms with E-state index in [0.29, 0.717) is 0 Å². The third kappa shape index (κ3) is 3.07. The van der Waals surface area contributed by atoms with E-state index in [9.17, 15) is 8.42 Å². The Kier molecular flexibility index (Phi) is 3.77. The van der Waals surface area contributed by atoms with E-state index in [2.05, 4.69) is 4.40 Å². The van der Waals surface area contributed by atoms with Crippen molar-refractivity contribution in [3.05, 3.63) is 77.9 Å². The van der Waals surface area contributed by atoms with Crippen molar-refractivity contribution in [3.63, 3.8) is 0 Å². The van der Waals surface area contributed by atoms with Gasteiger partial charge in [0.25, 0.3) is 10.0 Å². The van der Waals surface area contributed by atoms with Crippen LogP contribution in [0.5, 0.6) is 0 Å². The molecule has 3 rings (SSSR count). The molecule has 22 heavy (non-hydrogen) atoms. The zero-order valence-corrected chi connectivity index (χ0v) is 12.9. The van der Waals surface area contributed by atoms with E-state index in [1.807, 2.05) is 61.5 Å². The van der Waals surface area contributed by atoms with Gasteiger partial charge >= 0.3 is 0 Å². The summed E-state index contributed by atoms with van der Waals surface area (Å²) in [4.78, 5) is 0.205. The molecular formula is C18H15NO2S. The highest BCUT2D eigenvalue weighted by Crippen LogP contribution is 2.21. The highest BCUT2D eigenvalue weighted by atomic mass is 32.2. The molecule has 0 radical (unpaired) electrons. The Morgan fingerprint density at radius 1 is 0.864 bits per heavy atom. The van der Waals surface area contributed by atoms with E-state index in [4.69, 9.17) is 0 Å². The summed E-state index contributed by atoms with van der Waals surface area (Å²) >= 11 is 0. The first-order valence-electron chi connectivity index (χ1n) is 6.90. The van der Waals surface area contributed by atoms with Crippen LogP contribution < -0.4 is 0 Å². The number of benzene rings is 3. The fourth-order valence-electron chi connectivity index (χ4n) is 2.23. The summed E-state index contributed by atoms with van der Waals surface area (Å²) in [7, 11) is -3.69. The van der Waals surface area contributed by atoms with Crippen LogP contribution >= 0.6 is 0 Å². The number of hydrogen-bond donors (Lipinski definition) is 0. The summed E-state index contributed by atoms with van der Waals surface area (Å²) in [5.74, 6) is 0. The molecule has 4 heteroatoms. The number of hydrogen-bond acceptors (Lipinski definition) is 2. The van der Waals surface area contributed by atoms with Gasteiger partial charge in [0.05, 0.1) is 4.90 Å². The second kappa shape index (κ2) is 5.73. The summed E-state index contributed by atoms with van der Waals surface area (Å²) in [6, 6.07) is 20.1. The maximum absolute atomic E-state index is 12.3. The van der Waals surface area contributed by atoms with Gasteiger partial charge in [-0.25, -0.2) is 0 Å². The topological polar surface area (TPSA) is 46.5 Å². The standard InChI is InChI=1S/C18H15NO2S/c1-14-7-8-17-12-18(10-9-16(17)11-14)22(20,21)19-13-15-5-3-2-4-6-15/h2-13H,1H3/b19-13+. The molecule has 0 aliphatic carbocycles. The van der Waals surface area contributed by atoms with Crippen LogP contribution in [0.2, 0.25) is 0 Å². The molecule has 3 nitrogen and oxygen atoms in total. The molecule has 0 unspecified atom stereocenters. The van der Waals surface area contributed by atoms with Gasteiger partial charge in [-0.1, -0.05) is 60.2 Å². The quantitative estimate of drug-likeness (QED) is 0.688. The van der Waals surface area contributed by atoms with Gasteiger partial charge in [0.15, 0.2) is 0 Å². The highest BCUT2D eigenvalue weighted by Gasteiger charge is 2.12. The molecule has 0 bridgehead atoms. The van der Waals surface area contributed by atoms with Crippen molar-refractivity contribution in [1.29, 1.82) is 0 Å². The van der Waals surface area contributed by atoms with Gasteiger partial charge in [0.2, 0.25) is 0 Å². The fourth-order valence-corrected chi connectivity index (χ4v) is 3.13. The van der Waals surface area contributed by atoms with Crippen molar-refractivity contribution in [2.24, 2.45) is 4.40 Å². The molecule has 0 saturated carbocycles. The number of fused-ring (bicyclic) bond motifs is 1. The van der Waals surface area contributed by atoms with Crippen LogP contribution in [0.25, 0.3) is 10.8 Å². The van der Waals surface area contributed by atoms with Gasteiger partial charge in [0.1, 0.15) is 0 Å². The zero-order chi connectivity index (χ0) is 15.6. The third-order valence-corrected chi connectivity index (χ3v) is 4.64. The lowest BCUT2D eigenvalue weighted by molar-refractivity contribution is 0.598. The molecule has 0 fully saturated rings. The second-order valence-electron chi connectivity index (χ2n) is 5.13. The SMILES string of the molecule is Cc1ccc2cc(S(=O)(=O)/N=C/c3ccccc3)ccc2c1. The van der Waals surface area contributed by atoms with E-state index >= 15 is 0 Å². The Hall–Kier alpha value is -2.46. The van der Waals surface area contributed by atoms with E-state index in [1.54, 1.807) is 12.1 Å². The van der Waals surface area contributed by atoms with Crippen molar-refractivity contribution in [2.75, 3.05) is 0 Å². The molecule has 3 aromatic carbocycles. The van der Waals surface area contributed by atoms with Crippen LogP contribution in [-0.2, 0) is 10.0 Å². The average Bonchev–Trinajstić information content (AvgIpc) is 2.53. The van der Waals surface area contributed by atoms with E-state index < -0.39 is 10.0 Å². The van der Waals surface area contributed by atoms with Crippen LogP contribution in [0.3, 0.4) is 0 Å². The summed E-state index contributed by atoms with van der Waals surface area (Å²) in [6.45, 7) is 2.01. The lowest BCUT2D eigenvalue weighted by Gasteiger charge is -2.03. The summed E-state index contributed by atoms with van der Waals surface area (Å²) in [5, 5.41) is 1.91. The Morgan fingerprint density at radius 2 is 1.55 bits per heavy atom. The second-order valence-corrected chi connectivity index (χ2v) is 6.77. The number of rotatable bonds is 3. The highest BCUT2D eigenvalue weighted by molar-refractivity contribution is 7.90. The van der Waals surface area contributed by atoms with Crippen molar-refractivity contribution in [3.8, 4) is 0 Å². The summed E-state index contributed by atoms with van der Waals surface area (Å²) in [6.07, 6.45) is 1.37. The van der Waals surface area contributed by atoms with Crippen molar-refractivity contribution in [2.45, 2.75) is 11.8 Å². The van der Waals surface area contributed by atoms with Crippen molar-refractivity contribution in [1.82, 2.24) is 0 Å². The average molecular weight is 309 g/mol. The molecule has 0 aliphatic heterocycles. The lowest BCUT2D eigenvalue weighted by atomic mass is 10.1. The van der Waals surface area contributed by atoms with E-state index in [0.717, 1.165) is 21.9 Å². The smallest absolute Gasteiger partial charge is 0.199 e. The van der Waals surface area contributed by atoms with Crippen LogP contribution in [-0.4, -0.2) is 14.6 Å². The van der Waals surface area contributed by atoms with Crippen molar-refractivity contribution >= 4 is 27.0 Å². The normalized spacial score (nSPS) is 12.0. The number of nitrogens with zero attached hydrogens (tertiary/aromatic N) is 1. The van der Waals surface area contributed by atoms with Crippen LogP contribution in [0, 0.1) is 6.92 Å². The van der Waals surface area contributed by atoms with Crippen LogP contribution in [0.1, 0.15) is 11.1 Å². The molecule has 0 N–H and O–H groups in total. The predicted octanol–water partition coefficient (Wildman–Crippen LogP) is 3.96. The molecule has 0 spiro atoms. The number of aryl methyl sites for hydroxylation is 1. The van der Waals surface area contributed by atoms with E-state index in [-0.39, 0.29) is 4.90 Å². The van der Waals surface area contributed by atoms with Gasteiger partial charge in [-0.05, 0) is 35.4 Å². The Bertz CT molecular complexity index is 945. The monoisotopic (exact) mass is 309 g/mol. The first-order valence-corrected chi connectivity index (χ1v) is 8.34. The van der Waals surface area contributed by atoms with E-state index in [1.165, 1.54) is 6.21 Å². The summed E-state index contributed by atoms with van der Waals surface area (Å²) in [5.41, 5.74) is 1.90. The minimum atomic E-state index is -3.69. The molecule has 110 valence electrons. The van der Waals surface area contributed by atoms with Crippen molar-refractivity contribution < 1.29 is 8.42 Å². The lowest BCUT2D eigenvalue weighted by Crippen LogP contribution is -1.98. The largest absolute Gasteiger partial charge is 0.282 e. The van der Waals surface area contributed by atoms with Gasteiger partial charge < -0.3 is 0 Å². The van der Waals surface area contributed by atoms with Gasteiger partial charge in [-0.2, -0.15) is 12.8 Å². The molecule has 0 amide bonds.